The Morgan fingerprint density at radius 2 is 1.72 bits per heavy atom. The largest absolute Gasteiger partial charge is 0.444 e. The van der Waals surface area contributed by atoms with Crippen LogP contribution in [0.3, 0.4) is 0 Å². The van der Waals surface area contributed by atoms with E-state index in [9.17, 15) is 4.79 Å². The van der Waals surface area contributed by atoms with Crippen molar-refractivity contribution in [3.63, 3.8) is 0 Å². The number of carbonyl (C=O) groups is 1. The van der Waals surface area contributed by atoms with Crippen LogP contribution in [-0.2, 0) is 20.0 Å². The molecule has 2 heterocycles. The number of nitrogens with zero attached hydrogens (tertiary/aromatic N) is 1. The summed E-state index contributed by atoms with van der Waals surface area (Å²) in [6.45, 7) is 8.18. The minimum atomic E-state index is -0.694. The number of ether oxygens (including phenoxy) is 3. The summed E-state index contributed by atoms with van der Waals surface area (Å²) >= 11 is 3.48. The average Bonchev–Trinajstić information content (AvgIpc) is 3.05. The van der Waals surface area contributed by atoms with Gasteiger partial charge in [0.15, 0.2) is 5.79 Å². The van der Waals surface area contributed by atoms with Gasteiger partial charge in [0.05, 0.1) is 13.2 Å². The van der Waals surface area contributed by atoms with Gasteiger partial charge in [-0.2, -0.15) is 0 Å². The number of carbonyl (C=O) groups excluding carboxylic acids is 1. The summed E-state index contributed by atoms with van der Waals surface area (Å²) in [6, 6.07) is 8.13. The molecule has 0 radical (unpaired) electrons. The van der Waals surface area contributed by atoms with Gasteiger partial charge in [0.1, 0.15) is 5.60 Å². The number of rotatable bonds is 2. The molecule has 1 amide bonds. The molecule has 0 spiro atoms. The number of likely N-dealkylation sites (tertiary alicyclic amines) is 1. The second-order valence-electron chi connectivity index (χ2n) is 7.61. The maximum Gasteiger partial charge on any atom is 0.410 e. The van der Waals surface area contributed by atoms with Gasteiger partial charge in [0, 0.05) is 29.0 Å². The highest BCUT2D eigenvalue weighted by molar-refractivity contribution is 9.10. The highest BCUT2D eigenvalue weighted by Crippen LogP contribution is 2.43. The van der Waals surface area contributed by atoms with E-state index < -0.39 is 11.4 Å². The number of piperidine rings is 1. The third-order valence-electron chi connectivity index (χ3n) is 4.65. The molecular formula is C19H26BrNO4. The zero-order valence-electron chi connectivity index (χ0n) is 15.1. The number of benzene rings is 1. The summed E-state index contributed by atoms with van der Waals surface area (Å²) in [5.41, 5.74) is 0.577. The smallest absolute Gasteiger partial charge is 0.410 e. The van der Waals surface area contributed by atoms with Crippen LogP contribution in [0.5, 0.6) is 0 Å². The first-order chi connectivity index (χ1) is 11.8. The molecule has 0 atom stereocenters. The first kappa shape index (κ1) is 18.7. The molecule has 3 rings (SSSR count). The van der Waals surface area contributed by atoms with Gasteiger partial charge in [-0.1, -0.05) is 28.1 Å². The van der Waals surface area contributed by atoms with Crippen molar-refractivity contribution in [1.82, 2.24) is 4.90 Å². The number of hydrogen-bond donors (Lipinski definition) is 0. The molecule has 6 heteroatoms. The molecule has 2 aliphatic rings. The van der Waals surface area contributed by atoms with Crippen LogP contribution >= 0.6 is 15.9 Å². The van der Waals surface area contributed by atoms with Gasteiger partial charge < -0.3 is 19.1 Å². The van der Waals surface area contributed by atoms with Gasteiger partial charge in [-0.05, 0) is 45.7 Å². The van der Waals surface area contributed by atoms with Crippen molar-refractivity contribution in [2.45, 2.75) is 45.0 Å². The Morgan fingerprint density at radius 1 is 1.16 bits per heavy atom. The predicted octanol–water partition coefficient (Wildman–Crippen LogP) is 4.30. The second kappa shape index (κ2) is 7.25. The fourth-order valence-electron chi connectivity index (χ4n) is 3.52. The van der Waals surface area contributed by atoms with E-state index in [1.54, 1.807) is 4.90 Å². The van der Waals surface area contributed by atoms with Crippen LogP contribution in [0.2, 0.25) is 0 Å². The summed E-state index contributed by atoms with van der Waals surface area (Å²) in [4.78, 5) is 14.0. The fraction of sp³-hybridized carbons (Fsp3) is 0.632. The highest BCUT2D eigenvalue weighted by atomic mass is 79.9. The standard InChI is InChI=1S/C19H26BrNO4/c1-18(2,3)25-17(22)21-10-8-15(9-11-21)19(23-12-13-24-19)14-4-6-16(20)7-5-14/h4-7,15H,8-13H2,1-3H3. The molecule has 2 aliphatic heterocycles. The van der Waals surface area contributed by atoms with E-state index in [0.717, 1.165) is 22.9 Å². The van der Waals surface area contributed by atoms with Crippen LogP contribution in [0, 0.1) is 5.92 Å². The molecule has 1 aromatic carbocycles. The number of halogens is 1. The van der Waals surface area contributed by atoms with Crippen molar-refractivity contribution >= 4 is 22.0 Å². The normalized spacial score (nSPS) is 21.4. The van der Waals surface area contributed by atoms with E-state index in [4.69, 9.17) is 14.2 Å². The van der Waals surface area contributed by atoms with Crippen molar-refractivity contribution in [3.05, 3.63) is 34.3 Å². The zero-order chi connectivity index (χ0) is 18.1. The molecule has 138 valence electrons. The maximum absolute atomic E-state index is 12.3. The van der Waals surface area contributed by atoms with Gasteiger partial charge in [-0.25, -0.2) is 4.79 Å². The maximum atomic E-state index is 12.3. The first-order valence-corrected chi connectivity index (χ1v) is 9.61. The third kappa shape index (κ3) is 4.18. The second-order valence-corrected chi connectivity index (χ2v) is 8.53. The Hall–Kier alpha value is -1.11. The Labute approximate surface area is 157 Å². The van der Waals surface area contributed by atoms with Crippen molar-refractivity contribution in [2.75, 3.05) is 26.3 Å². The lowest BCUT2D eigenvalue weighted by atomic mass is 9.84. The molecule has 5 nitrogen and oxygen atoms in total. The van der Waals surface area contributed by atoms with Crippen LogP contribution < -0.4 is 0 Å². The molecule has 0 bridgehead atoms. The molecule has 0 aliphatic carbocycles. The summed E-state index contributed by atoms with van der Waals surface area (Å²) in [5.74, 6) is -0.476. The summed E-state index contributed by atoms with van der Waals surface area (Å²) < 4.78 is 18.7. The van der Waals surface area contributed by atoms with E-state index in [-0.39, 0.29) is 12.0 Å². The lowest BCUT2D eigenvalue weighted by Crippen LogP contribution is -2.47. The van der Waals surface area contributed by atoms with Crippen molar-refractivity contribution < 1.29 is 19.0 Å². The Kier molecular flexibility index (Phi) is 5.42. The molecule has 25 heavy (non-hydrogen) atoms. The summed E-state index contributed by atoms with van der Waals surface area (Å²) in [5, 5.41) is 0. The predicted molar refractivity (Wildman–Crippen MR) is 98.3 cm³/mol. The van der Waals surface area contributed by atoms with Crippen molar-refractivity contribution in [3.8, 4) is 0 Å². The van der Waals surface area contributed by atoms with Crippen LogP contribution in [0.25, 0.3) is 0 Å². The van der Waals surface area contributed by atoms with Crippen molar-refractivity contribution in [1.29, 1.82) is 0 Å². The van der Waals surface area contributed by atoms with E-state index in [2.05, 4.69) is 28.1 Å². The Bertz CT molecular complexity index is 597. The van der Waals surface area contributed by atoms with E-state index in [1.807, 2.05) is 32.9 Å². The summed E-state index contributed by atoms with van der Waals surface area (Å²) in [7, 11) is 0. The van der Waals surface area contributed by atoms with Crippen molar-refractivity contribution in [2.24, 2.45) is 5.92 Å². The van der Waals surface area contributed by atoms with Crippen LogP contribution in [0.4, 0.5) is 4.79 Å². The van der Waals surface area contributed by atoms with E-state index in [1.165, 1.54) is 0 Å². The molecular weight excluding hydrogens is 386 g/mol. The van der Waals surface area contributed by atoms with Crippen LogP contribution in [0.1, 0.15) is 39.2 Å². The molecule has 0 N–H and O–H groups in total. The number of hydrogen-bond acceptors (Lipinski definition) is 4. The Morgan fingerprint density at radius 3 is 2.24 bits per heavy atom. The van der Waals surface area contributed by atoms with Gasteiger partial charge in [-0.15, -0.1) is 0 Å². The SMILES string of the molecule is CC(C)(C)OC(=O)N1CCC(C2(c3ccc(Br)cc3)OCCO2)CC1. The lowest BCUT2D eigenvalue weighted by molar-refractivity contribution is -0.213. The first-order valence-electron chi connectivity index (χ1n) is 8.82. The van der Waals surface area contributed by atoms with Crippen LogP contribution in [-0.4, -0.2) is 42.9 Å². The lowest BCUT2D eigenvalue weighted by Gasteiger charge is -2.41. The van der Waals surface area contributed by atoms with Gasteiger partial charge in [0.2, 0.25) is 0 Å². The monoisotopic (exact) mass is 411 g/mol. The minimum Gasteiger partial charge on any atom is -0.444 e. The Balaban J connectivity index is 1.69. The minimum absolute atomic E-state index is 0.217. The van der Waals surface area contributed by atoms with E-state index >= 15 is 0 Å². The number of amides is 1. The molecule has 0 aromatic heterocycles. The third-order valence-corrected chi connectivity index (χ3v) is 5.18. The van der Waals surface area contributed by atoms with E-state index in [0.29, 0.717) is 26.3 Å². The van der Waals surface area contributed by atoms with Gasteiger partial charge >= 0.3 is 6.09 Å². The quantitative estimate of drug-likeness (QED) is 0.727. The molecule has 0 saturated carbocycles. The highest BCUT2D eigenvalue weighted by Gasteiger charge is 2.47. The zero-order valence-corrected chi connectivity index (χ0v) is 16.7. The average molecular weight is 412 g/mol. The fourth-order valence-corrected chi connectivity index (χ4v) is 3.78. The molecule has 2 saturated heterocycles. The molecule has 2 fully saturated rings. The van der Waals surface area contributed by atoms with Gasteiger partial charge in [-0.3, -0.25) is 0 Å². The van der Waals surface area contributed by atoms with Gasteiger partial charge in [0.25, 0.3) is 0 Å². The molecule has 0 unspecified atom stereocenters. The molecule has 1 aromatic rings. The summed E-state index contributed by atoms with van der Waals surface area (Å²) in [6.07, 6.45) is 1.42. The van der Waals surface area contributed by atoms with Crippen LogP contribution in [0.15, 0.2) is 28.7 Å². The topological polar surface area (TPSA) is 48.0 Å².